The van der Waals surface area contributed by atoms with Crippen LogP contribution in [-0.4, -0.2) is 61.0 Å². The third kappa shape index (κ3) is 5.39. The molecule has 0 aliphatic carbocycles. The van der Waals surface area contributed by atoms with Gasteiger partial charge in [0, 0.05) is 36.9 Å². The number of aromatic nitrogens is 1. The van der Waals surface area contributed by atoms with E-state index < -0.39 is 0 Å². The largest absolute Gasteiger partial charge is 0.459 e. The summed E-state index contributed by atoms with van der Waals surface area (Å²) in [5.41, 5.74) is 1.57. The molecule has 2 amide bonds. The number of nitrogens with one attached hydrogen (secondary N) is 2. The lowest BCUT2D eigenvalue weighted by Gasteiger charge is -2.33. The van der Waals surface area contributed by atoms with Gasteiger partial charge in [0.05, 0.1) is 19.4 Å². The van der Waals surface area contributed by atoms with Crippen LogP contribution in [0.4, 0.5) is 11.6 Å². The Morgan fingerprint density at radius 3 is 2.68 bits per heavy atom. The minimum atomic E-state index is -0.328. The standard InChI is InChI=1S/C23H23ClN6O4/c1-15-16(24)4-2-5-17(15)27-20(31)13-26-21(32)14-29-7-9-30(10-8-29)23-18(12-25)28-22(34-23)19-6-3-11-33-19/h2-6,11H,7-10,13-14H2,1H3,(H,26,32)(H,27,31). The molecule has 0 bridgehead atoms. The lowest BCUT2D eigenvalue weighted by atomic mass is 10.2. The third-order valence-electron chi connectivity index (χ3n) is 5.46. The first-order valence-corrected chi connectivity index (χ1v) is 11.1. The van der Waals surface area contributed by atoms with Gasteiger partial charge in [0.1, 0.15) is 6.07 Å². The van der Waals surface area contributed by atoms with Crippen molar-refractivity contribution < 1.29 is 18.4 Å². The molecule has 34 heavy (non-hydrogen) atoms. The number of anilines is 2. The van der Waals surface area contributed by atoms with Crippen LogP contribution in [0.25, 0.3) is 11.7 Å². The van der Waals surface area contributed by atoms with E-state index in [4.69, 9.17) is 20.4 Å². The molecule has 176 valence electrons. The molecule has 2 N–H and O–H groups in total. The molecular weight excluding hydrogens is 460 g/mol. The number of amides is 2. The number of hydrogen-bond donors (Lipinski definition) is 2. The number of carbonyl (C=O) groups is 2. The van der Waals surface area contributed by atoms with Gasteiger partial charge in [-0.1, -0.05) is 17.7 Å². The first-order chi connectivity index (χ1) is 16.4. The van der Waals surface area contributed by atoms with Gasteiger partial charge in [-0.15, -0.1) is 0 Å². The van der Waals surface area contributed by atoms with E-state index in [-0.39, 0.29) is 36.5 Å². The SMILES string of the molecule is Cc1c(Cl)cccc1NC(=O)CNC(=O)CN1CCN(c2oc(-c3ccco3)nc2C#N)CC1. The fraction of sp³-hybridized carbons (Fsp3) is 0.304. The van der Waals surface area contributed by atoms with Gasteiger partial charge in [-0.2, -0.15) is 10.2 Å². The molecule has 3 aromatic rings. The Hall–Kier alpha value is -3.81. The maximum atomic E-state index is 12.3. The van der Waals surface area contributed by atoms with Crippen LogP contribution in [0, 0.1) is 18.3 Å². The predicted octanol–water partition coefficient (Wildman–Crippen LogP) is 2.65. The van der Waals surface area contributed by atoms with Crippen LogP contribution in [0.2, 0.25) is 5.02 Å². The number of oxazole rings is 1. The molecule has 0 unspecified atom stereocenters. The Morgan fingerprint density at radius 1 is 1.18 bits per heavy atom. The normalized spacial score (nSPS) is 14.0. The lowest BCUT2D eigenvalue weighted by molar-refractivity contribution is -0.125. The van der Waals surface area contributed by atoms with Crippen molar-refractivity contribution in [2.75, 3.05) is 49.5 Å². The van der Waals surface area contributed by atoms with Crippen LogP contribution in [0.3, 0.4) is 0 Å². The number of nitrogens with zero attached hydrogens (tertiary/aromatic N) is 4. The molecule has 1 aliphatic heterocycles. The van der Waals surface area contributed by atoms with Gasteiger partial charge in [0.2, 0.25) is 23.4 Å². The zero-order valence-electron chi connectivity index (χ0n) is 18.5. The molecule has 4 rings (SSSR count). The molecule has 1 aromatic carbocycles. The third-order valence-corrected chi connectivity index (χ3v) is 5.87. The summed E-state index contributed by atoms with van der Waals surface area (Å²) in [6.07, 6.45) is 1.51. The molecule has 0 saturated carbocycles. The first kappa shape index (κ1) is 23.4. The number of piperazine rings is 1. The lowest BCUT2D eigenvalue weighted by Crippen LogP contribution is -2.50. The molecule has 0 atom stereocenters. The van der Waals surface area contributed by atoms with E-state index >= 15 is 0 Å². The minimum absolute atomic E-state index is 0.135. The summed E-state index contributed by atoms with van der Waals surface area (Å²) in [5, 5.41) is 15.4. The molecule has 0 spiro atoms. The fourth-order valence-electron chi connectivity index (χ4n) is 3.59. The number of rotatable bonds is 7. The minimum Gasteiger partial charge on any atom is -0.459 e. The molecule has 0 radical (unpaired) electrons. The summed E-state index contributed by atoms with van der Waals surface area (Å²) >= 11 is 6.06. The number of carbonyl (C=O) groups excluding carboxylic acids is 2. The second-order valence-electron chi connectivity index (χ2n) is 7.76. The maximum Gasteiger partial charge on any atom is 0.266 e. The average Bonchev–Trinajstić information content (AvgIpc) is 3.51. The van der Waals surface area contributed by atoms with E-state index in [1.165, 1.54) is 6.26 Å². The zero-order valence-corrected chi connectivity index (χ0v) is 19.3. The number of benzene rings is 1. The van der Waals surface area contributed by atoms with Crippen molar-refractivity contribution in [2.24, 2.45) is 0 Å². The van der Waals surface area contributed by atoms with Gasteiger partial charge in [-0.3, -0.25) is 14.5 Å². The van der Waals surface area contributed by atoms with Crippen molar-refractivity contribution in [3.63, 3.8) is 0 Å². The van der Waals surface area contributed by atoms with Crippen molar-refractivity contribution in [1.29, 1.82) is 5.26 Å². The quantitative estimate of drug-likeness (QED) is 0.526. The van der Waals surface area contributed by atoms with Crippen LogP contribution >= 0.6 is 11.6 Å². The van der Waals surface area contributed by atoms with Gasteiger partial charge >= 0.3 is 0 Å². The Morgan fingerprint density at radius 2 is 1.97 bits per heavy atom. The van der Waals surface area contributed by atoms with Crippen molar-refractivity contribution in [2.45, 2.75) is 6.92 Å². The van der Waals surface area contributed by atoms with E-state index in [1.54, 1.807) is 30.3 Å². The first-order valence-electron chi connectivity index (χ1n) is 10.7. The summed E-state index contributed by atoms with van der Waals surface area (Å²) in [5.74, 6) is 0.525. The highest BCUT2D eigenvalue weighted by molar-refractivity contribution is 6.31. The van der Waals surface area contributed by atoms with Gasteiger partial charge < -0.3 is 24.4 Å². The number of nitriles is 1. The zero-order chi connectivity index (χ0) is 24.1. The van der Waals surface area contributed by atoms with Crippen LogP contribution in [0.1, 0.15) is 11.3 Å². The highest BCUT2D eigenvalue weighted by Crippen LogP contribution is 2.29. The average molecular weight is 483 g/mol. The molecule has 2 aromatic heterocycles. The number of hydrogen-bond acceptors (Lipinski definition) is 8. The van der Waals surface area contributed by atoms with Crippen LogP contribution < -0.4 is 15.5 Å². The summed E-state index contributed by atoms with van der Waals surface area (Å²) in [6, 6.07) is 10.7. The molecule has 10 nitrogen and oxygen atoms in total. The second kappa shape index (κ2) is 10.4. The fourth-order valence-corrected chi connectivity index (χ4v) is 3.76. The highest BCUT2D eigenvalue weighted by Gasteiger charge is 2.26. The monoisotopic (exact) mass is 482 g/mol. The van der Waals surface area contributed by atoms with E-state index in [0.717, 1.165) is 5.56 Å². The Balaban J connectivity index is 1.24. The smallest absolute Gasteiger partial charge is 0.266 e. The van der Waals surface area contributed by atoms with Crippen molar-refractivity contribution in [1.82, 2.24) is 15.2 Å². The van der Waals surface area contributed by atoms with E-state index in [9.17, 15) is 14.9 Å². The van der Waals surface area contributed by atoms with Gasteiger partial charge in [0.25, 0.3) is 5.89 Å². The molecule has 3 heterocycles. The molecule has 1 fully saturated rings. The van der Waals surface area contributed by atoms with Gasteiger partial charge in [0.15, 0.2) is 5.76 Å². The van der Waals surface area contributed by atoms with Crippen molar-refractivity contribution in [3.05, 3.63) is 52.9 Å². The summed E-state index contributed by atoms with van der Waals surface area (Å²) in [4.78, 5) is 32.6. The molecule has 1 aliphatic rings. The van der Waals surface area contributed by atoms with Crippen LogP contribution in [-0.2, 0) is 9.59 Å². The maximum absolute atomic E-state index is 12.3. The second-order valence-corrected chi connectivity index (χ2v) is 8.17. The topological polar surface area (TPSA) is 128 Å². The summed E-state index contributed by atoms with van der Waals surface area (Å²) < 4.78 is 11.1. The van der Waals surface area contributed by atoms with Gasteiger partial charge in [-0.25, -0.2) is 0 Å². The number of halogens is 1. The van der Waals surface area contributed by atoms with Crippen molar-refractivity contribution in [3.8, 4) is 17.7 Å². The molecule has 1 saturated heterocycles. The Labute approximate surface area is 201 Å². The van der Waals surface area contributed by atoms with Crippen molar-refractivity contribution >= 4 is 35.0 Å². The van der Waals surface area contributed by atoms with Crippen LogP contribution in [0.15, 0.2) is 45.4 Å². The van der Waals surface area contributed by atoms with E-state index in [0.29, 0.717) is 48.5 Å². The Kier molecular flexibility index (Phi) is 7.15. The number of furan rings is 1. The van der Waals surface area contributed by atoms with Gasteiger partial charge in [-0.05, 0) is 36.8 Å². The predicted molar refractivity (Wildman–Crippen MR) is 125 cm³/mol. The molecular formula is C23H23ClN6O4. The van der Waals surface area contributed by atoms with E-state index in [2.05, 4.69) is 21.7 Å². The summed E-state index contributed by atoms with van der Waals surface area (Å²) in [6.45, 7) is 4.13. The van der Waals surface area contributed by atoms with E-state index in [1.807, 2.05) is 16.7 Å². The van der Waals surface area contributed by atoms with Crippen LogP contribution in [0.5, 0.6) is 0 Å². The Bertz CT molecular complexity index is 1210. The summed E-state index contributed by atoms with van der Waals surface area (Å²) in [7, 11) is 0. The molecule has 11 heteroatoms. The highest BCUT2D eigenvalue weighted by atomic mass is 35.5.